The number of carbonyl (C=O) groups is 3. The molecule has 0 spiro atoms. The van der Waals surface area contributed by atoms with E-state index in [1.54, 1.807) is 24.3 Å². The van der Waals surface area contributed by atoms with Gasteiger partial charge in [0, 0.05) is 35.3 Å². The van der Waals surface area contributed by atoms with E-state index < -0.39 is 17.7 Å². The van der Waals surface area contributed by atoms with Crippen LogP contribution in [0.3, 0.4) is 0 Å². The van der Waals surface area contributed by atoms with E-state index in [1.165, 1.54) is 30.1 Å². The second kappa shape index (κ2) is 7.96. The van der Waals surface area contributed by atoms with Gasteiger partial charge >= 0.3 is 5.97 Å². The molecule has 0 aliphatic carbocycles. The Morgan fingerprint density at radius 1 is 1.00 bits per heavy atom. The maximum Gasteiger partial charge on any atom is 0.328 e. The molecule has 5 nitrogen and oxygen atoms in total. The molecule has 0 saturated heterocycles. The minimum Gasteiger partial charge on any atom is -0.478 e. The number of carbonyl (C=O) groups excluding carboxylic acids is 2. The van der Waals surface area contributed by atoms with E-state index >= 15 is 0 Å². The second-order valence-electron chi connectivity index (χ2n) is 5.04. The predicted octanol–water partition coefficient (Wildman–Crippen LogP) is 3.83. The van der Waals surface area contributed by atoms with Crippen molar-refractivity contribution >= 4 is 46.5 Å². The smallest absolute Gasteiger partial charge is 0.328 e. The molecular formula is C18H13Cl2NO4. The summed E-state index contributed by atoms with van der Waals surface area (Å²) in [6.07, 6.45) is 1.63. The molecule has 25 heavy (non-hydrogen) atoms. The SMILES string of the molecule is CN(C(=O)/C=C/C(=O)O)c1ccc(Cl)cc1C(=O)c1ccccc1Cl. The number of carboxylic acids is 1. The summed E-state index contributed by atoms with van der Waals surface area (Å²) >= 11 is 12.1. The summed E-state index contributed by atoms with van der Waals surface area (Å²) in [5, 5.41) is 9.23. The molecule has 2 aromatic carbocycles. The number of hydrogen-bond acceptors (Lipinski definition) is 3. The Hall–Kier alpha value is -2.63. The summed E-state index contributed by atoms with van der Waals surface area (Å²) in [6.45, 7) is 0. The number of carboxylic acid groups (broad SMARTS) is 1. The van der Waals surface area contributed by atoms with Gasteiger partial charge < -0.3 is 10.0 Å². The van der Waals surface area contributed by atoms with Crippen molar-refractivity contribution in [2.24, 2.45) is 0 Å². The number of likely N-dealkylation sites (N-methyl/N-ethyl adjacent to an activating group) is 1. The van der Waals surface area contributed by atoms with Crippen molar-refractivity contribution in [3.8, 4) is 0 Å². The zero-order chi connectivity index (χ0) is 18.6. The average molecular weight is 378 g/mol. The number of hydrogen-bond donors (Lipinski definition) is 1. The van der Waals surface area contributed by atoms with Crippen LogP contribution in [0, 0.1) is 0 Å². The highest BCUT2D eigenvalue weighted by Gasteiger charge is 2.21. The van der Waals surface area contributed by atoms with Crippen molar-refractivity contribution in [1.29, 1.82) is 0 Å². The molecule has 0 saturated carbocycles. The van der Waals surface area contributed by atoms with Crippen LogP contribution in [0.1, 0.15) is 15.9 Å². The fourth-order valence-corrected chi connectivity index (χ4v) is 2.54. The number of benzene rings is 2. The second-order valence-corrected chi connectivity index (χ2v) is 5.88. The minimum absolute atomic E-state index is 0.181. The van der Waals surface area contributed by atoms with Crippen molar-refractivity contribution in [2.75, 3.05) is 11.9 Å². The van der Waals surface area contributed by atoms with Crippen LogP contribution in [0.2, 0.25) is 10.0 Å². The van der Waals surface area contributed by atoms with Crippen molar-refractivity contribution in [3.63, 3.8) is 0 Å². The molecule has 0 unspecified atom stereocenters. The Kier molecular flexibility index (Phi) is 5.96. The topological polar surface area (TPSA) is 74.7 Å². The summed E-state index contributed by atoms with van der Waals surface area (Å²) in [5.74, 6) is -2.24. The number of amides is 1. The Balaban J connectivity index is 2.48. The van der Waals surface area contributed by atoms with Gasteiger partial charge in [-0.05, 0) is 30.3 Å². The Morgan fingerprint density at radius 2 is 1.68 bits per heavy atom. The van der Waals surface area contributed by atoms with Gasteiger partial charge in [-0.3, -0.25) is 9.59 Å². The van der Waals surface area contributed by atoms with Crippen LogP contribution in [0.25, 0.3) is 0 Å². The average Bonchev–Trinajstić information content (AvgIpc) is 2.58. The van der Waals surface area contributed by atoms with Gasteiger partial charge in [-0.15, -0.1) is 0 Å². The van der Waals surface area contributed by atoms with Gasteiger partial charge in [-0.1, -0.05) is 35.3 Å². The van der Waals surface area contributed by atoms with E-state index in [0.717, 1.165) is 12.2 Å². The molecule has 2 rings (SSSR count). The van der Waals surface area contributed by atoms with Crippen LogP contribution in [0.5, 0.6) is 0 Å². The fourth-order valence-electron chi connectivity index (χ4n) is 2.15. The summed E-state index contributed by atoms with van der Waals surface area (Å²) in [7, 11) is 1.43. The lowest BCUT2D eigenvalue weighted by atomic mass is 10.0. The third-order valence-electron chi connectivity index (χ3n) is 3.38. The van der Waals surface area contributed by atoms with Crippen LogP contribution in [-0.4, -0.2) is 29.8 Å². The summed E-state index contributed by atoms with van der Waals surface area (Å²) in [4.78, 5) is 36.7. The van der Waals surface area contributed by atoms with Crippen molar-refractivity contribution < 1.29 is 19.5 Å². The molecule has 1 amide bonds. The largest absolute Gasteiger partial charge is 0.478 e. The number of anilines is 1. The Labute approximate surface area is 154 Å². The molecule has 0 heterocycles. The number of ketones is 1. The molecule has 2 aromatic rings. The van der Waals surface area contributed by atoms with Gasteiger partial charge in [-0.25, -0.2) is 4.79 Å². The lowest BCUT2D eigenvalue weighted by Gasteiger charge is -2.19. The van der Waals surface area contributed by atoms with Crippen LogP contribution >= 0.6 is 23.2 Å². The highest BCUT2D eigenvalue weighted by atomic mass is 35.5. The van der Waals surface area contributed by atoms with Crippen molar-refractivity contribution in [1.82, 2.24) is 0 Å². The fraction of sp³-hybridized carbons (Fsp3) is 0.0556. The highest BCUT2D eigenvalue weighted by molar-refractivity contribution is 6.36. The van der Waals surface area contributed by atoms with Crippen LogP contribution < -0.4 is 4.90 Å². The first-order valence-corrected chi connectivity index (χ1v) is 7.84. The van der Waals surface area contributed by atoms with Crippen molar-refractivity contribution in [2.45, 2.75) is 0 Å². The number of halogens is 2. The molecule has 0 atom stereocenters. The number of rotatable bonds is 5. The van der Waals surface area contributed by atoms with Gasteiger partial charge in [0.1, 0.15) is 0 Å². The summed E-state index contributed by atoms with van der Waals surface area (Å²) in [5.41, 5.74) is 0.740. The normalized spacial score (nSPS) is 10.7. The van der Waals surface area contributed by atoms with Gasteiger partial charge in [-0.2, -0.15) is 0 Å². The van der Waals surface area contributed by atoms with E-state index in [-0.39, 0.29) is 21.8 Å². The molecule has 0 radical (unpaired) electrons. The molecule has 0 fully saturated rings. The monoisotopic (exact) mass is 377 g/mol. The van der Waals surface area contributed by atoms with E-state index in [9.17, 15) is 14.4 Å². The Morgan fingerprint density at radius 3 is 2.32 bits per heavy atom. The zero-order valence-electron chi connectivity index (χ0n) is 13.1. The van der Waals surface area contributed by atoms with Gasteiger partial charge in [0.05, 0.1) is 10.7 Å². The molecule has 0 aliphatic heterocycles. The minimum atomic E-state index is -1.25. The maximum atomic E-state index is 12.8. The first kappa shape index (κ1) is 18.7. The molecule has 7 heteroatoms. The molecule has 128 valence electrons. The van der Waals surface area contributed by atoms with E-state index in [1.807, 2.05) is 0 Å². The summed E-state index contributed by atoms with van der Waals surface area (Å²) < 4.78 is 0. The standard InChI is InChI=1S/C18H13Cl2NO4/c1-21(16(22)8-9-17(23)24)15-7-6-11(19)10-13(15)18(25)12-4-2-3-5-14(12)20/h2-10H,1H3,(H,23,24)/b9-8+. The highest BCUT2D eigenvalue weighted by Crippen LogP contribution is 2.28. The van der Waals surface area contributed by atoms with Crippen LogP contribution in [0.4, 0.5) is 5.69 Å². The molecule has 0 aromatic heterocycles. The molecule has 0 aliphatic rings. The molecular weight excluding hydrogens is 365 g/mol. The summed E-state index contributed by atoms with van der Waals surface area (Å²) in [6, 6.07) is 11.0. The molecule has 1 N–H and O–H groups in total. The van der Waals surface area contributed by atoms with Gasteiger partial charge in [0.25, 0.3) is 5.91 Å². The number of nitrogens with zero attached hydrogens (tertiary/aromatic N) is 1. The predicted molar refractivity (Wildman–Crippen MR) is 96.5 cm³/mol. The van der Waals surface area contributed by atoms with Crippen molar-refractivity contribution in [3.05, 3.63) is 75.8 Å². The quantitative estimate of drug-likeness (QED) is 0.634. The van der Waals surface area contributed by atoms with E-state index in [4.69, 9.17) is 28.3 Å². The van der Waals surface area contributed by atoms with Crippen LogP contribution in [0.15, 0.2) is 54.6 Å². The third kappa shape index (κ3) is 4.47. The van der Waals surface area contributed by atoms with Crippen LogP contribution in [-0.2, 0) is 9.59 Å². The van der Waals surface area contributed by atoms with E-state index in [0.29, 0.717) is 5.02 Å². The third-order valence-corrected chi connectivity index (χ3v) is 3.95. The Bertz CT molecular complexity index is 877. The molecule has 0 bridgehead atoms. The van der Waals surface area contributed by atoms with E-state index in [2.05, 4.69) is 0 Å². The zero-order valence-corrected chi connectivity index (χ0v) is 14.6. The lowest BCUT2D eigenvalue weighted by Crippen LogP contribution is -2.26. The van der Waals surface area contributed by atoms with Gasteiger partial charge in [0.15, 0.2) is 5.78 Å². The maximum absolute atomic E-state index is 12.8. The first-order chi connectivity index (χ1) is 11.8. The number of aliphatic carboxylic acids is 1. The first-order valence-electron chi connectivity index (χ1n) is 7.08. The van der Waals surface area contributed by atoms with Gasteiger partial charge in [0.2, 0.25) is 0 Å². The lowest BCUT2D eigenvalue weighted by molar-refractivity contribution is -0.131.